The van der Waals surface area contributed by atoms with Crippen molar-refractivity contribution in [3.05, 3.63) is 0 Å². The van der Waals surface area contributed by atoms with Gasteiger partial charge in [-0.15, -0.1) is 0 Å². The Morgan fingerprint density at radius 3 is 2.23 bits per heavy atom. The summed E-state index contributed by atoms with van der Waals surface area (Å²) in [5, 5.41) is 0. The number of ether oxygens (including phenoxy) is 2. The number of rotatable bonds is 0. The van der Waals surface area contributed by atoms with E-state index >= 15 is 0 Å². The zero-order chi connectivity index (χ0) is 9.36. The Hall–Kier alpha value is -0.0800. The molecule has 0 radical (unpaired) electrons. The van der Waals surface area contributed by atoms with Crippen molar-refractivity contribution >= 4 is 0 Å². The van der Waals surface area contributed by atoms with E-state index < -0.39 is 0 Å². The lowest BCUT2D eigenvalue weighted by Gasteiger charge is -2.47. The lowest BCUT2D eigenvalue weighted by molar-refractivity contribution is -0.329. The average Bonchev–Trinajstić information content (AvgIpc) is 2.03. The summed E-state index contributed by atoms with van der Waals surface area (Å²) in [7, 11) is 0. The van der Waals surface area contributed by atoms with Gasteiger partial charge in [-0.3, -0.25) is 0 Å². The van der Waals surface area contributed by atoms with Crippen molar-refractivity contribution in [1.82, 2.24) is 0 Å². The van der Waals surface area contributed by atoms with Gasteiger partial charge in [-0.1, -0.05) is 6.42 Å². The minimum atomic E-state index is -0.208. The second kappa shape index (κ2) is 3.25. The zero-order valence-electron chi connectivity index (χ0n) is 8.77. The minimum absolute atomic E-state index is 0.0234. The predicted octanol–water partition coefficient (Wildman–Crippen LogP) is 2.86. The molecule has 0 aromatic rings. The summed E-state index contributed by atoms with van der Waals surface area (Å²) in [6, 6.07) is 0. The fourth-order valence-corrected chi connectivity index (χ4v) is 2.40. The maximum atomic E-state index is 6.08. The normalized spacial score (nSPS) is 31.8. The maximum absolute atomic E-state index is 6.08. The van der Waals surface area contributed by atoms with Crippen LogP contribution >= 0.6 is 0 Å². The van der Waals surface area contributed by atoms with Gasteiger partial charge in [0.2, 0.25) is 0 Å². The Morgan fingerprint density at radius 2 is 1.62 bits per heavy atom. The Labute approximate surface area is 80.6 Å². The Bertz CT molecular complexity index is 175. The van der Waals surface area contributed by atoms with Crippen molar-refractivity contribution in [3.63, 3.8) is 0 Å². The van der Waals surface area contributed by atoms with Gasteiger partial charge in [-0.2, -0.15) is 0 Å². The summed E-state index contributed by atoms with van der Waals surface area (Å²) in [5.41, 5.74) is 0.0234. The molecule has 0 atom stereocenters. The summed E-state index contributed by atoms with van der Waals surface area (Å²) < 4.78 is 11.9. The van der Waals surface area contributed by atoms with E-state index in [0.29, 0.717) is 0 Å². The van der Waals surface area contributed by atoms with Crippen molar-refractivity contribution in [1.29, 1.82) is 0 Å². The van der Waals surface area contributed by atoms with Crippen LogP contribution in [-0.4, -0.2) is 18.0 Å². The maximum Gasteiger partial charge on any atom is 0.168 e. The first-order chi connectivity index (χ1) is 6.12. The van der Waals surface area contributed by atoms with Crippen LogP contribution in [0.5, 0.6) is 0 Å². The molecule has 2 rings (SSSR count). The smallest absolute Gasteiger partial charge is 0.168 e. The van der Waals surface area contributed by atoms with Gasteiger partial charge in [0.15, 0.2) is 5.79 Å². The lowest BCUT2D eigenvalue weighted by Crippen LogP contribution is -2.50. The van der Waals surface area contributed by atoms with E-state index in [1.54, 1.807) is 0 Å². The average molecular weight is 184 g/mol. The first-order valence-electron chi connectivity index (χ1n) is 5.46. The van der Waals surface area contributed by atoms with E-state index in [9.17, 15) is 0 Å². The first kappa shape index (κ1) is 9.47. The van der Waals surface area contributed by atoms with Gasteiger partial charge in [-0.05, 0) is 33.1 Å². The van der Waals surface area contributed by atoms with Crippen LogP contribution in [0.25, 0.3) is 0 Å². The second-order valence-electron chi connectivity index (χ2n) is 4.93. The Kier molecular flexibility index (Phi) is 2.37. The second-order valence-corrected chi connectivity index (χ2v) is 4.93. The summed E-state index contributed by atoms with van der Waals surface area (Å²) >= 11 is 0. The highest BCUT2D eigenvalue weighted by Crippen LogP contribution is 2.40. The molecule has 1 aliphatic carbocycles. The van der Waals surface area contributed by atoms with Crippen LogP contribution in [-0.2, 0) is 9.47 Å². The molecule has 13 heavy (non-hydrogen) atoms. The molecule has 0 unspecified atom stereocenters. The Morgan fingerprint density at radius 1 is 0.923 bits per heavy atom. The molecule has 0 aromatic carbocycles. The first-order valence-corrected chi connectivity index (χ1v) is 5.46. The largest absolute Gasteiger partial charge is 0.350 e. The van der Waals surface area contributed by atoms with E-state index in [0.717, 1.165) is 25.9 Å². The fourth-order valence-electron chi connectivity index (χ4n) is 2.40. The number of hydrogen-bond donors (Lipinski definition) is 0. The summed E-state index contributed by atoms with van der Waals surface area (Å²) in [4.78, 5) is 0. The molecule has 2 nitrogen and oxygen atoms in total. The minimum Gasteiger partial charge on any atom is -0.350 e. The third-order valence-corrected chi connectivity index (χ3v) is 3.15. The van der Waals surface area contributed by atoms with Crippen LogP contribution in [0.3, 0.4) is 0 Å². The van der Waals surface area contributed by atoms with Gasteiger partial charge in [-0.25, -0.2) is 0 Å². The molecule has 2 fully saturated rings. The van der Waals surface area contributed by atoms with E-state index in [4.69, 9.17) is 9.47 Å². The van der Waals surface area contributed by atoms with Crippen LogP contribution in [0.2, 0.25) is 0 Å². The van der Waals surface area contributed by atoms with E-state index in [2.05, 4.69) is 13.8 Å². The molecule has 0 bridgehead atoms. The van der Waals surface area contributed by atoms with Crippen molar-refractivity contribution in [3.8, 4) is 0 Å². The monoisotopic (exact) mass is 184 g/mol. The van der Waals surface area contributed by atoms with E-state index in [1.165, 1.54) is 19.3 Å². The molecule has 1 heterocycles. The molecule has 2 aliphatic rings. The van der Waals surface area contributed by atoms with Gasteiger partial charge in [0.1, 0.15) is 0 Å². The topological polar surface area (TPSA) is 18.5 Å². The van der Waals surface area contributed by atoms with Gasteiger partial charge in [0.25, 0.3) is 0 Å². The molecule has 1 saturated heterocycles. The summed E-state index contributed by atoms with van der Waals surface area (Å²) in [5.74, 6) is -0.208. The zero-order valence-corrected chi connectivity index (χ0v) is 8.77. The van der Waals surface area contributed by atoms with Crippen LogP contribution in [0.4, 0.5) is 0 Å². The van der Waals surface area contributed by atoms with Gasteiger partial charge >= 0.3 is 0 Å². The highest BCUT2D eigenvalue weighted by Gasteiger charge is 2.42. The van der Waals surface area contributed by atoms with Gasteiger partial charge in [0.05, 0.1) is 12.2 Å². The van der Waals surface area contributed by atoms with Crippen LogP contribution < -0.4 is 0 Å². The van der Waals surface area contributed by atoms with Crippen LogP contribution in [0.15, 0.2) is 0 Å². The summed E-state index contributed by atoms with van der Waals surface area (Å²) in [6.45, 7) is 5.21. The molecule has 76 valence electrons. The highest BCUT2D eigenvalue weighted by molar-refractivity contribution is 4.84. The van der Waals surface area contributed by atoms with Crippen LogP contribution in [0, 0.1) is 0 Å². The predicted molar refractivity (Wildman–Crippen MR) is 51.5 cm³/mol. The standard InChI is InChI=1S/C11H20O2/c1-10(2)8-9-12-11(13-10)6-4-3-5-7-11/h3-9H2,1-2H3. The van der Waals surface area contributed by atoms with Crippen LogP contribution in [0.1, 0.15) is 52.4 Å². The fraction of sp³-hybridized carbons (Fsp3) is 1.00. The summed E-state index contributed by atoms with van der Waals surface area (Å²) in [6.07, 6.45) is 7.07. The Balaban J connectivity index is 2.04. The van der Waals surface area contributed by atoms with Crippen molar-refractivity contribution < 1.29 is 9.47 Å². The van der Waals surface area contributed by atoms with Gasteiger partial charge in [0, 0.05) is 12.8 Å². The molecule has 1 saturated carbocycles. The van der Waals surface area contributed by atoms with E-state index in [-0.39, 0.29) is 11.4 Å². The molecule has 1 spiro atoms. The molecule has 0 aromatic heterocycles. The van der Waals surface area contributed by atoms with E-state index in [1.807, 2.05) is 0 Å². The molecule has 0 amide bonds. The van der Waals surface area contributed by atoms with Crippen molar-refractivity contribution in [2.45, 2.75) is 63.8 Å². The third kappa shape index (κ3) is 2.05. The SMILES string of the molecule is CC1(C)CCOC2(CCCCC2)O1. The number of hydrogen-bond acceptors (Lipinski definition) is 2. The molecule has 0 N–H and O–H groups in total. The van der Waals surface area contributed by atoms with Crippen molar-refractivity contribution in [2.24, 2.45) is 0 Å². The lowest BCUT2D eigenvalue weighted by atomic mass is 9.91. The molecular formula is C11H20O2. The quantitative estimate of drug-likeness (QED) is 0.576. The molecular weight excluding hydrogens is 164 g/mol. The molecule has 1 aliphatic heterocycles. The third-order valence-electron chi connectivity index (χ3n) is 3.15. The highest BCUT2D eigenvalue weighted by atomic mass is 16.7. The molecule has 2 heteroatoms. The van der Waals surface area contributed by atoms with Gasteiger partial charge < -0.3 is 9.47 Å². The van der Waals surface area contributed by atoms with Crippen molar-refractivity contribution in [2.75, 3.05) is 6.61 Å².